The van der Waals surface area contributed by atoms with E-state index in [1.165, 1.54) is 16.5 Å². The third-order valence-electron chi connectivity index (χ3n) is 3.21. The van der Waals surface area contributed by atoms with Crippen LogP contribution in [0.5, 0.6) is 0 Å². The summed E-state index contributed by atoms with van der Waals surface area (Å²) in [5.74, 6) is 1.04. The molecule has 2 heteroatoms. The highest BCUT2D eigenvalue weighted by atomic mass is 16.3. The highest BCUT2D eigenvalue weighted by Gasteiger charge is 2.21. The number of fused-ring (bicyclic) bond motifs is 1. The minimum Gasteiger partial charge on any atom is -0.459 e. The SMILES string of the molecule is CNCc1oc2c(C(C)(C)C)cccc2c1C. The molecule has 17 heavy (non-hydrogen) atoms. The first-order chi connectivity index (χ1) is 7.95. The summed E-state index contributed by atoms with van der Waals surface area (Å²) in [5.41, 5.74) is 3.68. The van der Waals surface area contributed by atoms with Crippen LogP contribution in [0.25, 0.3) is 11.0 Å². The molecule has 1 heterocycles. The van der Waals surface area contributed by atoms with Crippen LogP contribution in [0.4, 0.5) is 0 Å². The van der Waals surface area contributed by atoms with Crippen molar-refractivity contribution in [2.24, 2.45) is 0 Å². The van der Waals surface area contributed by atoms with Gasteiger partial charge in [-0.15, -0.1) is 0 Å². The molecule has 0 unspecified atom stereocenters. The zero-order valence-corrected chi connectivity index (χ0v) is 11.3. The van der Waals surface area contributed by atoms with Gasteiger partial charge in [0.15, 0.2) is 0 Å². The van der Waals surface area contributed by atoms with Crippen LogP contribution in [0.15, 0.2) is 22.6 Å². The van der Waals surface area contributed by atoms with E-state index in [2.05, 4.69) is 51.2 Å². The Kier molecular flexibility index (Phi) is 3.00. The number of furan rings is 1. The van der Waals surface area contributed by atoms with Gasteiger partial charge in [0, 0.05) is 10.9 Å². The standard InChI is InChI=1S/C15H21NO/c1-10-11-7-6-8-12(15(2,3)4)14(11)17-13(10)9-16-5/h6-8,16H,9H2,1-5H3. The second kappa shape index (κ2) is 4.19. The van der Waals surface area contributed by atoms with Gasteiger partial charge in [-0.1, -0.05) is 39.0 Å². The van der Waals surface area contributed by atoms with Gasteiger partial charge in [-0.3, -0.25) is 0 Å². The molecule has 0 spiro atoms. The molecule has 2 rings (SSSR count). The predicted molar refractivity (Wildman–Crippen MR) is 72.4 cm³/mol. The molecular formula is C15H21NO. The van der Waals surface area contributed by atoms with Crippen LogP contribution in [-0.4, -0.2) is 7.05 Å². The second-order valence-corrected chi connectivity index (χ2v) is 5.61. The van der Waals surface area contributed by atoms with Crippen molar-refractivity contribution in [3.63, 3.8) is 0 Å². The van der Waals surface area contributed by atoms with E-state index in [1.54, 1.807) is 0 Å². The molecule has 0 fully saturated rings. The lowest BCUT2D eigenvalue weighted by Gasteiger charge is -2.18. The smallest absolute Gasteiger partial charge is 0.138 e. The Balaban J connectivity index is 2.69. The lowest BCUT2D eigenvalue weighted by atomic mass is 9.86. The first-order valence-corrected chi connectivity index (χ1v) is 6.11. The topological polar surface area (TPSA) is 25.2 Å². The molecule has 0 amide bonds. The Morgan fingerprint density at radius 1 is 1.24 bits per heavy atom. The van der Waals surface area contributed by atoms with E-state index < -0.39 is 0 Å². The van der Waals surface area contributed by atoms with Crippen LogP contribution >= 0.6 is 0 Å². The maximum absolute atomic E-state index is 6.03. The second-order valence-electron chi connectivity index (χ2n) is 5.61. The van der Waals surface area contributed by atoms with Crippen molar-refractivity contribution in [3.8, 4) is 0 Å². The van der Waals surface area contributed by atoms with Gasteiger partial charge >= 0.3 is 0 Å². The Morgan fingerprint density at radius 2 is 1.94 bits per heavy atom. The summed E-state index contributed by atoms with van der Waals surface area (Å²) >= 11 is 0. The molecule has 0 aliphatic carbocycles. The van der Waals surface area contributed by atoms with Gasteiger partial charge in [-0.25, -0.2) is 0 Å². The number of aryl methyl sites for hydroxylation is 1. The summed E-state index contributed by atoms with van der Waals surface area (Å²) in [6.45, 7) is 9.57. The molecule has 0 bridgehead atoms. The molecule has 2 aromatic rings. The van der Waals surface area contributed by atoms with E-state index in [1.807, 2.05) is 7.05 Å². The summed E-state index contributed by atoms with van der Waals surface area (Å²) in [6.07, 6.45) is 0. The molecule has 2 nitrogen and oxygen atoms in total. The highest BCUT2D eigenvalue weighted by Crippen LogP contribution is 2.34. The summed E-state index contributed by atoms with van der Waals surface area (Å²) in [6, 6.07) is 6.42. The van der Waals surface area contributed by atoms with Crippen molar-refractivity contribution in [1.29, 1.82) is 0 Å². The van der Waals surface area contributed by atoms with Crippen molar-refractivity contribution < 1.29 is 4.42 Å². The van der Waals surface area contributed by atoms with Gasteiger partial charge in [-0.05, 0) is 24.9 Å². The molecule has 92 valence electrons. The highest BCUT2D eigenvalue weighted by molar-refractivity contribution is 5.85. The van der Waals surface area contributed by atoms with E-state index in [-0.39, 0.29) is 5.41 Å². The number of benzene rings is 1. The Hall–Kier alpha value is -1.28. The molecule has 1 aromatic carbocycles. The number of hydrogen-bond donors (Lipinski definition) is 1. The van der Waals surface area contributed by atoms with Crippen LogP contribution in [0.1, 0.15) is 37.7 Å². The monoisotopic (exact) mass is 231 g/mol. The summed E-state index contributed by atoms with van der Waals surface area (Å²) in [5, 5.41) is 4.39. The fraction of sp³-hybridized carbons (Fsp3) is 0.467. The van der Waals surface area contributed by atoms with Gasteiger partial charge in [0.05, 0.1) is 6.54 Å². The average Bonchev–Trinajstić information content (AvgIpc) is 2.55. The third kappa shape index (κ3) is 2.09. The predicted octanol–water partition coefficient (Wildman–Crippen LogP) is 3.76. The van der Waals surface area contributed by atoms with Crippen molar-refractivity contribution in [2.45, 2.75) is 39.7 Å². The van der Waals surface area contributed by atoms with Crippen LogP contribution in [0, 0.1) is 6.92 Å². The first-order valence-electron chi connectivity index (χ1n) is 6.11. The zero-order chi connectivity index (χ0) is 12.6. The molecule has 0 saturated carbocycles. The van der Waals surface area contributed by atoms with Gasteiger partial charge in [-0.2, -0.15) is 0 Å². The maximum atomic E-state index is 6.03. The fourth-order valence-corrected chi connectivity index (χ4v) is 2.21. The molecule has 0 aliphatic rings. The van der Waals surface area contributed by atoms with E-state index in [4.69, 9.17) is 4.42 Å². The maximum Gasteiger partial charge on any atom is 0.138 e. The largest absolute Gasteiger partial charge is 0.459 e. The summed E-state index contributed by atoms with van der Waals surface area (Å²) in [4.78, 5) is 0. The number of hydrogen-bond acceptors (Lipinski definition) is 2. The molecule has 1 aromatic heterocycles. The zero-order valence-electron chi connectivity index (χ0n) is 11.3. The summed E-state index contributed by atoms with van der Waals surface area (Å²) in [7, 11) is 1.94. The number of nitrogens with one attached hydrogen (secondary N) is 1. The van der Waals surface area contributed by atoms with E-state index in [9.17, 15) is 0 Å². The van der Waals surface area contributed by atoms with Crippen molar-refractivity contribution in [1.82, 2.24) is 5.32 Å². The molecule has 0 atom stereocenters. The van der Waals surface area contributed by atoms with E-state index >= 15 is 0 Å². The van der Waals surface area contributed by atoms with Gasteiger partial charge < -0.3 is 9.73 Å². The van der Waals surface area contributed by atoms with Crippen molar-refractivity contribution in [3.05, 3.63) is 35.1 Å². The van der Waals surface area contributed by atoms with Crippen LogP contribution < -0.4 is 5.32 Å². The van der Waals surface area contributed by atoms with Gasteiger partial charge in [0.2, 0.25) is 0 Å². The minimum absolute atomic E-state index is 0.112. The lowest BCUT2D eigenvalue weighted by molar-refractivity contribution is 0.510. The first kappa shape index (κ1) is 12.2. The van der Waals surface area contributed by atoms with Gasteiger partial charge in [0.25, 0.3) is 0 Å². The van der Waals surface area contributed by atoms with E-state index in [0.717, 1.165) is 17.9 Å². The number of para-hydroxylation sites is 1. The summed E-state index contributed by atoms with van der Waals surface area (Å²) < 4.78 is 6.03. The van der Waals surface area contributed by atoms with Crippen molar-refractivity contribution >= 4 is 11.0 Å². The van der Waals surface area contributed by atoms with Crippen LogP contribution in [-0.2, 0) is 12.0 Å². The van der Waals surface area contributed by atoms with Crippen LogP contribution in [0.2, 0.25) is 0 Å². The average molecular weight is 231 g/mol. The lowest BCUT2D eigenvalue weighted by Crippen LogP contribution is -2.11. The molecular weight excluding hydrogens is 210 g/mol. The molecule has 1 N–H and O–H groups in total. The molecule has 0 saturated heterocycles. The Bertz CT molecular complexity index is 532. The molecule has 0 radical (unpaired) electrons. The number of rotatable bonds is 2. The molecule has 0 aliphatic heterocycles. The Morgan fingerprint density at radius 3 is 2.53 bits per heavy atom. The van der Waals surface area contributed by atoms with Crippen LogP contribution in [0.3, 0.4) is 0 Å². The third-order valence-corrected chi connectivity index (χ3v) is 3.21. The van der Waals surface area contributed by atoms with E-state index in [0.29, 0.717) is 0 Å². The van der Waals surface area contributed by atoms with Gasteiger partial charge in [0.1, 0.15) is 11.3 Å². The normalized spacial score (nSPS) is 12.3. The minimum atomic E-state index is 0.112. The van der Waals surface area contributed by atoms with Crippen molar-refractivity contribution in [2.75, 3.05) is 7.05 Å². The quantitative estimate of drug-likeness (QED) is 0.851. The fourth-order valence-electron chi connectivity index (χ4n) is 2.21. The Labute approximate surface area is 103 Å².